The largest absolute Gasteiger partial charge is 0.507 e. The standard InChI is InChI=1S/C20H26O6S/c1-23-9-13-5-17(6-14(10-24-2)19(13)21)27-18-7-15(11-25-3)20(22)16(8-18)12-26-4/h5-8,21-22H,9-12H2,1-4H3. The van der Waals surface area contributed by atoms with Gasteiger partial charge in [0.05, 0.1) is 26.4 Å². The maximum absolute atomic E-state index is 10.4. The maximum Gasteiger partial charge on any atom is 0.126 e. The van der Waals surface area contributed by atoms with E-state index in [-0.39, 0.29) is 11.5 Å². The van der Waals surface area contributed by atoms with Gasteiger partial charge in [0.2, 0.25) is 0 Å². The first-order valence-corrected chi connectivity index (χ1v) is 9.18. The number of rotatable bonds is 10. The van der Waals surface area contributed by atoms with Gasteiger partial charge in [0.1, 0.15) is 11.5 Å². The molecule has 0 saturated carbocycles. The van der Waals surface area contributed by atoms with Crippen molar-refractivity contribution in [1.82, 2.24) is 0 Å². The van der Waals surface area contributed by atoms with Gasteiger partial charge in [-0.15, -0.1) is 0 Å². The number of ether oxygens (including phenoxy) is 4. The van der Waals surface area contributed by atoms with Crippen LogP contribution in [0, 0.1) is 0 Å². The molecule has 0 aliphatic heterocycles. The van der Waals surface area contributed by atoms with E-state index >= 15 is 0 Å². The summed E-state index contributed by atoms with van der Waals surface area (Å²) in [4.78, 5) is 1.87. The molecule has 6 nitrogen and oxygen atoms in total. The highest BCUT2D eigenvalue weighted by atomic mass is 32.2. The van der Waals surface area contributed by atoms with Crippen molar-refractivity contribution in [3.05, 3.63) is 46.5 Å². The van der Waals surface area contributed by atoms with Gasteiger partial charge in [0, 0.05) is 60.5 Å². The lowest BCUT2D eigenvalue weighted by atomic mass is 10.1. The second-order valence-corrected chi connectivity index (χ2v) is 7.16. The predicted molar refractivity (Wildman–Crippen MR) is 103 cm³/mol. The average molecular weight is 394 g/mol. The first-order chi connectivity index (χ1) is 13.0. The minimum atomic E-state index is 0.189. The summed E-state index contributed by atoms with van der Waals surface area (Å²) < 4.78 is 20.8. The van der Waals surface area contributed by atoms with Crippen molar-refractivity contribution in [3.63, 3.8) is 0 Å². The molecule has 2 aromatic rings. The SMILES string of the molecule is COCc1cc(Sc2cc(COC)c(O)c(COC)c2)cc(COC)c1O. The van der Waals surface area contributed by atoms with Crippen LogP contribution in [0.25, 0.3) is 0 Å². The molecule has 0 aromatic heterocycles. The summed E-state index contributed by atoms with van der Waals surface area (Å²) in [7, 11) is 6.35. The molecule has 7 heteroatoms. The lowest BCUT2D eigenvalue weighted by molar-refractivity contribution is 0.174. The van der Waals surface area contributed by atoms with Gasteiger partial charge < -0.3 is 29.2 Å². The third-order valence-electron chi connectivity index (χ3n) is 3.92. The van der Waals surface area contributed by atoms with Gasteiger partial charge in [0.15, 0.2) is 0 Å². The molecule has 0 radical (unpaired) electrons. The van der Waals surface area contributed by atoms with E-state index in [4.69, 9.17) is 18.9 Å². The molecule has 0 spiro atoms. The van der Waals surface area contributed by atoms with Gasteiger partial charge in [-0.25, -0.2) is 0 Å². The Morgan fingerprint density at radius 1 is 0.593 bits per heavy atom. The molecular weight excluding hydrogens is 368 g/mol. The van der Waals surface area contributed by atoms with Gasteiger partial charge in [0.25, 0.3) is 0 Å². The molecule has 0 aliphatic carbocycles. The third kappa shape index (κ3) is 5.60. The van der Waals surface area contributed by atoms with Crippen molar-refractivity contribution in [2.45, 2.75) is 36.2 Å². The number of hydrogen-bond donors (Lipinski definition) is 2. The molecule has 0 atom stereocenters. The fourth-order valence-corrected chi connectivity index (χ4v) is 3.85. The predicted octanol–water partition coefficient (Wildman–Crippen LogP) is 3.83. The Kier molecular flexibility index (Phi) is 8.40. The van der Waals surface area contributed by atoms with Crippen molar-refractivity contribution in [2.24, 2.45) is 0 Å². The minimum Gasteiger partial charge on any atom is -0.507 e. The summed E-state index contributed by atoms with van der Waals surface area (Å²) >= 11 is 1.52. The summed E-state index contributed by atoms with van der Waals surface area (Å²) in [6, 6.07) is 7.56. The van der Waals surface area contributed by atoms with Crippen LogP contribution >= 0.6 is 11.8 Å². The summed E-state index contributed by atoms with van der Waals surface area (Å²) in [5.41, 5.74) is 2.79. The van der Waals surface area contributed by atoms with Crippen molar-refractivity contribution in [3.8, 4) is 11.5 Å². The summed E-state index contributed by atoms with van der Waals surface area (Å²) in [6.45, 7) is 1.21. The Hall–Kier alpha value is -1.77. The monoisotopic (exact) mass is 394 g/mol. The fourth-order valence-electron chi connectivity index (χ4n) is 2.77. The van der Waals surface area contributed by atoms with Crippen molar-refractivity contribution in [1.29, 1.82) is 0 Å². The third-order valence-corrected chi connectivity index (χ3v) is 4.86. The first kappa shape index (κ1) is 21.5. The second-order valence-electron chi connectivity index (χ2n) is 6.01. The second kappa shape index (κ2) is 10.5. The van der Waals surface area contributed by atoms with Crippen LogP contribution in [0.4, 0.5) is 0 Å². The minimum absolute atomic E-state index is 0.189. The average Bonchev–Trinajstić information content (AvgIpc) is 2.63. The van der Waals surface area contributed by atoms with Gasteiger partial charge in [-0.2, -0.15) is 0 Å². The number of aromatic hydroxyl groups is 2. The zero-order valence-electron chi connectivity index (χ0n) is 16.1. The molecule has 0 saturated heterocycles. The van der Waals surface area contributed by atoms with Gasteiger partial charge >= 0.3 is 0 Å². The zero-order valence-corrected chi connectivity index (χ0v) is 16.9. The molecule has 148 valence electrons. The molecule has 0 bridgehead atoms. The van der Waals surface area contributed by atoms with Crippen LogP contribution in [0.5, 0.6) is 11.5 Å². The molecular formula is C20H26O6S. The van der Waals surface area contributed by atoms with Crippen molar-refractivity contribution >= 4 is 11.8 Å². The maximum atomic E-state index is 10.4. The van der Waals surface area contributed by atoms with Crippen LogP contribution in [0.2, 0.25) is 0 Å². The van der Waals surface area contributed by atoms with Crippen LogP contribution in [0.1, 0.15) is 22.3 Å². The van der Waals surface area contributed by atoms with E-state index < -0.39 is 0 Å². The van der Waals surface area contributed by atoms with Gasteiger partial charge in [-0.3, -0.25) is 0 Å². The lowest BCUT2D eigenvalue weighted by Gasteiger charge is -2.14. The van der Waals surface area contributed by atoms with E-state index in [1.165, 1.54) is 11.8 Å². The highest BCUT2D eigenvalue weighted by molar-refractivity contribution is 7.99. The Balaban J connectivity index is 2.42. The summed E-state index contributed by atoms with van der Waals surface area (Å²) in [6.07, 6.45) is 0. The highest BCUT2D eigenvalue weighted by Crippen LogP contribution is 2.37. The molecule has 0 unspecified atom stereocenters. The number of phenols is 2. The van der Waals surface area contributed by atoms with Crippen LogP contribution in [0.15, 0.2) is 34.1 Å². The fraction of sp³-hybridized carbons (Fsp3) is 0.400. The van der Waals surface area contributed by atoms with Gasteiger partial charge in [-0.1, -0.05) is 11.8 Å². The molecule has 2 aromatic carbocycles. The Morgan fingerprint density at radius 3 is 1.07 bits per heavy atom. The van der Waals surface area contributed by atoms with E-state index in [0.717, 1.165) is 9.79 Å². The molecule has 2 N–H and O–H groups in total. The summed E-state index contributed by atoms with van der Waals surface area (Å²) in [5, 5.41) is 20.7. The van der Waals surface area contributed by atoms with Crippen LogP contribution < -0.4 is 0 Å². The topological polar surface area (TPSA) is 77.4 Å². The Morgan fingerprint density at radius 2 is 0.852 bits per heavy atom. The molecule has 0 amide bonds. The number of phenolic OH excluding ortho intramolecular Hbond substituents is 2. The van der Waals surface area contributed by atoms with Crippen LogP contribution in [-0.2, 0) is 45.4 Å². The Labute approximate surface area is 164 Å². The van der Waals surface area contributed by atoms with E-state index in [2.05, 4.69) is 0 Å². The van der Waals surface area contributed by atoms with Gasteiger partial charge in [-0.05, 0) is 24.3 Å². The number of benzene rings is 2. The smallest absolute Gasteiger partial charge is 0.126 e. The summed E-state index contributed by atoms with van der Waals surface area (Å²) in [5.74, 6) is 0.378. The number of hydrogen-bond acceptors (Lipinski definition) is 7. The normalized spacial score (nSPS) is 11.1. The Bertz CT molecular complexity index is 645. The molecule has 0 fully saturated rings. The van der Waals surface area contributed by atoms with Crippen molar-refractivity contribution in [2.75, 3.05) is 28.4 Å². The molecule has 0 heterocycles. The lowest BCUT2D eigenvalue weighted by Crippen LogP contribution is -1.97. The quantitative estimate of drug-likeness (QED) is 0.634. The van der Waals surface area contributed by atoms with Crippen molar-refractivity contribution < 1.29 is 29.2 Å². The van der Waals surface area contributed by atoms with E-state index in [9.17, 15) is 10.2 Å². The van der Waals surface area contributed by atoms with Crippen LogP contribution in [0.3, 0.4) is 0 Å². The highest BCUT2D eigenvalue weighted by Gasteiger charge is 2.14. The molecule has 0 aliphatic rings. The molecule has 2 rings (SSSR count). The number of methoxy groups -OCH3 is 4. The first-order valence-electron chi connectivity index (χ1n) is 8.37. The van der Waals surface area contributed by atoms with E-state index in [1.807, 2.05) is 24.3 Å². The molecule has 27 heavy (non-hydrogen) atoms. The van der Waals surface area contributed by atoms with E-state index in [0.29, 0.717) is 48.7 Å². The van der Waals surface area contributed by atoms with E-state index in [1.54, 1.807) is 28.4 Å². The zero-order chi connectivity index (χ0) is 19.8. The van der Waals surface area contributed by atoms with Crippen LogP contribution in [-0.4, -0.2) is 38.7 Å².